The number of nitrogens with zero attached hydrogens (tertiary/aromatic N) is 1. The van der Waals surface area contributed by atoms with Crippen LogP contribution in [0.15, 0.2) is 36.7 Å². The summed E-state index contributed by atoms with van der Waals surface area (Å²) in [6.07, 6.45) is 2.98. The maximum Gasteiger partial charge on any atom is 0.0845 e. The number of aryl methyl sites for hydroxylation is 1. The van der Waals surface area contributed by atoms with Crippen molar-refractivity contribution in [2.45, 2.75) is 19.4 Å². The molecule has 0 spiro atoms. The van der Waals surface area contributed by atoms with E-state index >= 15 is 0 Å². The molecule has 0 amide bonds. The average Bonchev–Trinajstić information content (AvgIpc) is 2.32. The molecular weight excluding hydrogens is 269 g/mol. The van der Waals surface area contributed by atoms with Crippen LogP contribution in [-0.2, 0) is 6.42 Å². The molecule has 0 saturated heterocycles. The van der Waals surface area contributed by atoms with Crippen molar-refractivity contribution < 1.29 is 5.11 Å². The maximum atomic E-state index is 10.2. The Bertz CT molecular complexity index is 557. The SMILES string of the molecule is Cc1ccc(C(O)Cc2ccncc2Cl)c(Cl)c1. The van der Waals surface area contributed by atoms with E-state index in [9.17, 15) is 5.11 Å². The van der Waals surface area contributed by atoms with Crippen LogP contribution in [0.1, 0.15) is 22.8 Å². The van der Waals surface area contributed by atoms with Crippen LogP contribution in [0.5, 0.6) is 0 Å². The second-order valence-electron chi connectivity index (χ2n) is 4.21. The largest absolute Gasteiger partial charge is 0.388 e. The van der Waals surface area contributed by atoms with Crippen LogP contribution < -0.4 is 0 Å². The highest BCUT2D eigenvalue weighted by Gasteiger charge is 2.13. The van der Waals surface area contributed by atoms with E-state index in [1.807, 2.05) is 25.1 Å². The molecule has 2 aromatic rings. The van der Waals surface area contributed by atoms with E-state index in [-0.39, 0.29) is 0 Å². The van der Waals surface area contributed by atoms with Crippen molar-refractivity contribution in [1.82, 2.24) is 4.98 Å². The highest BCUT2D eigenvalue weighted by atomic mass is 35.5. The Morgan fingerprint density at radius 2 is 2.00 bits per heavy atom. The minimum atomic E-state index is -0.669. The molecule has 1 unspecified atom stereocenters. The Morgan fingerprint density at radius 3 is 2.67 bits per heavy atom. The number of hydrogen-bond acceptors (Lipinski definition) is 2. The molecule has 1 aromatic carbocycles. The van der Waals surface area contributed by atoms with Crippen LogP contribution in [0.3, 0.4) is 0 Å². The van der Waals surface area contributed by atoms with Gasteiger partial charge < -0.3 is 5.11 Å². The van der Waals surface area contributed by atoms with Gasteiger partial charge in [-0.3, -0.25) is 4.98 Å². The van der Waals surface area contributed by atoms with E-state index in [2.05, 4.69) is 4.98 Å². The van der Waals surface area contributed by atoms with Gasteiger partial charge in [-0.2, -0.15) is 0 Å². The topological polar surface area (TPSA) is 33.1 Å². The zero-order valence-corrected chi connectivity index (χ0v) is 11.4. The highest BCUT2D eigenvalue weighted by Crippen LogP contribution is 2.28. The van der Waals surface area contributed by atoms with Gasteiger partial charge in [-0.25, -0.2) is 0 Å². The summed E-state index contributed by atoms with van der Waals surface area (Å²) in [5, 5.41) is 11.3. The van der Waals surface area contributed by atoms with Crippen molar-refractivity contribution in [3.63, 3.8) is 0 Å². The Hall–Kier alpha value is -1.09. The van der Waals surface area contributed by atoms with Gasteiger partial charge in [0.05, 0.1) is 11.1 Å². The van der Waals surface area contributed by atoms with E-state index in [1.54, 1.807) is 18.5 Å². The van der Waals surface area contributed by atoms with Gasteiger partial charge in [-0.1, -0.05) is 35.3 Å². The van der Waals surface area contributed by atoms with Crippen LogP contribution in [0.2, 0.25) is 10.0 Å². The monoisotopic (exact) mass is 281 g/mol. The molecule has 1 atom stereocenters. The van der Waals surface area contributed by atoms with Crippen LogP contribution in [0, 0.1) is 6.92 Å². The third-order valence-corrected chi connectivity index (χ3v) is 3.45. The molecule has 0 aliphatic rings. The molecule has 0 saturated carbocycles. The summed E-state index contributed by atoms with van der Waals surface area (Å²) in [6.45, 7) is 1.96. The molecule has 0 bridgehead atoms. The van der Waals surface area contributed by atoms with E-state index < -0.39 is 6.10 Å². The van der Waals surface area contributed by atoms with Crippen molar-refractivity contribution in [1.29, 1.82) is 0 Å². The minimum absolute atomic E-state index is 0.421. The first kappa shape index (κ1) is 13.3. The van der Waals surface area contributed by atoms with E-state index in [0.717, 1.165) is 16.7 Å². The summed E-state index contributed by atoms with van der Waals surface area (Å²) < 4.78 is 0. The predicted molar refractivity (Wildman–Crippen MR) is 74.1 cm³/mol. The lowest BCUT2D eigenvalue weighted by Crippen LogP contribution is -2.03. The van der Waals surface area contributed by atoms with Crippen molar-refractivity contribution in [3.8, 4) is 0 Å². The normalized spacial score (nSPS) is 12.4. The number of rotatable bonds is 3. The van der Waals surface area contributed by atoms with Crippen LogP contribution >= 0.6 is 23.2 Å². The molecule has 18 heavy (non-hydrogen) atoms. The number of benzene rings is 1. The number of pyridine rings is 1. The number of aliphatic hydroxyl groups excluding tert-OH is 1. The van der Waals surface area contributed by atoms with Crippen LogP contribution in [0.4, 0.5) is 0 Å². The molecule has 0 radical (unpaired) electrons. The first-order chi connectivity index (χ1) is 8.58. The summed E-state index contributed by atoms with van der Waals surface area (Å²) in [5.74, 6) is 0. The van der Waals surface area contributed by atoms with Gasteiger partial charge in [0.25, 0.3) is 0 Å². The molecule has 0 aliphatic carbocycles. The van der Waals surface area contributed by atoms with E-state index in [0.29, 0.717) is 16.5 Å². The molecule has 94 valence electrons. The molecule has 0 fully saturated rings. The van der Waals surface area contributed by atoms with E-state index in [1.165, 1.54) is 0 Å². The number of hydrogen-bond donors (Lipinski definition) is 1. The van der Waals surface area contributed by atoms with Crippen LogP contribution in [0.25, 0.3) is 0 Å². The van der Waals surface area contributed by atoms with Crippen molar-refractivity contribution >= 4 is 23.2 Å². The Balaban J connectivity index is 2.22. The van der Waals surface area contributed by atoms with Gasteiger partial charge in [0, 0.05) is 23.8 Å². The summed E-state index contributed by atoms with van der Waals surface area (Å²) in [4.78, 5) is 3.91. The summed E-state index contributed by atoms with van der Waals surface area (Å²) >= 11 is 12.1. The molecule has 1 aromatic heterocycles. The van der Waals surface area contributed by atoms with Gasteiger partial charge in [-0.05, 0) is 35.7 Å². The fourth-order valence-corrected chi connectivity index (χ4v) is 2.35. The van der Waals surface area contributed by atoms with Gasteiger partial charge in [0.15, 0.2) is 0 Å². The maximum absolute atomic E-state index is 10.2. The smallest absolute Gasteiger partial charge is 0.0845 e. The lowest BCUT2D eigenvalue weighted by molar-refractivity contribution is 0.178. The fraction of sp³-hybridized carbons (Fsp3) is 0.214. The first-order valence-electron chi connectivity index (χ1n) is 5.60. The Labute approximate surface area is 116 Å². The second-order valence-corrected chi connectivity index (χ2v) is 5.03. The molecule has 2 nitrogen and oxygen atoms in total. The summed E-state index contributed by atoms with van der Waals surface area (Å²) in [6, 6.07) is 7.41. The number of aromatic nitrogens is 1. The second kappa shape index (κ2) is 5.70. The fourth-order valence-electron chi connectivity index (χ4n) is 1.79. The van der Waals surface area contributed by atoms with Gasteiger partial charge in [-0.15, -0.1) is 0 Å². The van der Waals surface area contributed by atoms with Gasteiger partial charge in [0.2, 0.25) is 0 Å². The quantitative estimate of drug-likeness (QED) is 0.923. The molecule has 1 heterocycles. The third kappa shape index (κ3) is 3.02. The van der Waals surface area contributed by atoms with Gasteiger partial charge >= 0.3 is 0 Å². The van der Waals surface area contributed by atoms with Crippen molar-refractivity contribution in [2.24, 2.45) is 0 Å². The van der Waals surface area contributed by atoms with Crippen molar-refractivity contribution in [2.75, 3.05) is 0 Å². The number of halogens is 2. The molecular formula is C14H13Cl2NO. The molecule has 0 aliphatic heterocycles. The minimum Gasteiger partial charge on any atom is -0.388 e. The number of aliphatic hydroxyl groups is 1. The zero-order chi connectivity index (χ0) is 13.1. The van der Waals surface area contributed by atoms with Gasteiger partial charge in [0.1, 0.15) is 0 Å². The predicted octanol–water partition coefficient (Wildman–Crippen LogP) is 3.97. The first-order valence-corrected chi connectivity index (χ1v) is 6.36. The van der Waals surface area contributed by atoms with Crippen LogP contribution in [-0.4, -0.2) is 10.1 Å². The molecule has 1 N–H and O–H groups in total. The van der Waals surface area contributed by atoms with Crippen molar-refractivity contribution in [3.05, 3.63) is 63.4 Å². The summed E-state index contributed by atoms with van der Waals surface area (Å²) in [7, 11) is 0. The third-order valence-electron chi connectivity index (χ3n) is 2.78. The standard InChI is InChI=1S/C14H13Cl2NO/c1-9-2-3-11(12(15)6-9)14(18)7-10-4-5-17-8-13(10)16/h2-6,8,14,18H,7H2,1H3. The highest BCUT2D eigenvalue weighted by molar-refractivity contribution is 6.31. The lowest BCUT2D eigenvalue weighted by Gasteiger charge is -2.14. The molecule has 4 heteroatoms. The lowest BCUT2D eigenvalue weighted by atomic mass is 10.0. The Kier molecular flexibility index (Phi) is 4.23. The van der Waals surface area contributed by atoms with E-state index in [4.69, 9.17) is 23.2 Å². The summed E-state index contributed by atoms with van der Waals surface area (Å²) in [5.41, 5.74) is 2.64. The average molecular weight is 282 g/mol. The zero-order valence-electron chi connectivity index (χ0n) is 9.90. The Morgan fingerprint density at radius 1 is 1.22 bits per heavy atom. The molecule has 2 rings (SSSR count).